The van der Waals surface area contributed by atoms with Crippen LogP contribution >= 0.6 is 0 Å². The van der Waals surface area contributed by atoms with Gasteiger partial charge in [0.05, 0.1) is 12.2 Å². The summed E-state index contributed by atoms with van der Waals surface area (Å²) in [7, 11) is 0. The smallest absolute Gasteiger partial charge is 0.460 e. The Bertz CT molecular complexity index is 1210. The first-order chi connectivity index (χ1) is 23.1. The van der Waals surface area contributed by atoms with Gasteiger partial charge in [-0.3, -0.25) is 0 Å². The largest absolute Gasteiger partial charge is 0.494 e. The maximum Gasteiger partial charge on any atom is 0.460 e. The maximum atomic E-state index is 13.6. The van der Waals surface area contributed by atoms with E-state index in [1.807, 2.05) is 43.3 Å². The molecule has 278 valence electrons. The van der Waals surface area contributed by atoms with E-state index < -0.39 is 36.8 Å². The van der Waals surface area contributed by atoms with Crippen LogP contribution in [0.1, 0.15) is 127 Å². The third-order valence-corrected chi connectivity index (χ3v) is 8.53. The molecule has 0 spiro atoms. The Kier molecular flexibility index (Phi) is 17.3. The summed E-state index contributed by atoms with van der Waals surface area (Å²) in [4.78, 5) is 12.6. The summed E-state index contributed by atoms with van der Waals surface area (Å²) >= 11 is 0. The van der Waals surface area contributed by atoms with Crippen molar-refractivity contribution in [1.82, 2.24) is 0 Å². The van der Waals surface area contributed by atoms with E-state index in [2.05, 4.69) is 6.92 Å². The van der Waals surface area contributed by atoms with Crippen LogP contribution in [-0.2, 0) is 4.74 Å². The lowest BCUT2D eigenvalue weighted by Gasteiger charge is -2.33. The van der Waals surface area contributed by atoms with E-state index in [0.717, 1.165) is 81.1 Å². The van der Waals surface area contributed by atoms with E-state index in [1.165, 1.54) is 6.42 Å². The number of ether oxygens (including phenoxy) is 2. The molecule has 0 saturated carbocycles. The summed E-state index contributed by atoms with van der Waals surface area (Å²) in [6.07, 6.45) is 2.22. The number of carbonyl (C=O) groups excluding carboxylic acids is 1. The summed E-state index contributed by atoms with van der Waals surface area (Å²) in [6, 6.07) is 15.0. The summed E-state index contributed by atoms with van der Waals surface area (Å²) in [5.41, 5.74) is 2.45. The van der Waals surface area contributed by atoms with Gasteiger partial charge in [0, 0.05) is 6.42 Å². The first-order valence-electron chi connectivity index (χ1n) is 17.3. The Morgan fingerprint density at radius 2 is 1.10 bits per heavy atom. The molecule has 0 aliphatic rings. The van der Waals surface area contributed by atoms with Gasteiger partial charge in [0.15, 0.2) is 0 Å². The average Bonchev–Trinajstić information content (AvgIpc) is 3.06. The monoisotopic (exact) mass is 712 g/mol. The fraction of sp³-hybridized carbons (Fsp3) is 0.649. The molecule has 1 atom stereocenters. The Labute approximate surface area is 283 Å². The van der Waals surface area contributed by atoms with Crippen LogP contribution in [-0.4, -0.2) is 42.6 Å². The number of rotatable bonds is 24. The molecule has 2 aromatic carbocycles. The first kappa shape index (κ1) is 42.2. The lowest BCUT2D eigenvalue weighted by molar-refractivity contribution is -0.396. The van der Waals surface area contributed by atoms with E-state index in [-0.39, 0.29) is 18.5 Å². The molecule has 49 heavy (non-hydrogen) atoms. The zero-order valence-corrected chi connectivity index (χ0v) is 28.3. The molecule has 0 bridgehead atoms. The molecule has 0 radical (unpaired) electrons. The lowest BCUT2D eigenvalue weighted by Crippen LogP contribution is -2.60. The normalized spacial score (nSPS) is 13.4. The van der Waals surface area contributed by atoms with Crippen LogP contribution in [0.4, 0.5) is 39.5 Å². The van der Waals surface area contributed by atoms with Gasteiger partial charge in [-0.1, -0.05) is 102 Å². The number of hydrogen-bond acceptors (Lipinski definition) is 3. The van der Waals surface area contributed by atoms with E-state index in [0.29, 0.717) is 25.0 Å². The van der Waals surface area contributed by atoms with Crippen molar-refractivity contribution in [1.29, 1.82) is 0 Å². The number of esters is 1. The molecular formula is C37H49F9O3. The van der Waals surface area contributed by atoms with E-state index in [4.69, 9.17) is 9.47 Å². The molecule has 3 nitrogen and oxygen atoms in total. The average molecular weight is 713 g/mol. The van der Waals surface area contributed by atoms with Gasteiger partial charge in [-0.15, -0.1) is 0 Å². The van der Waals surface area contributed by atoms with Gasteiger partial charge in [-0.05, 0) is 67.5 Å². The Balaban J connectivity index is 1.59. The number of halogens is 9. The molecular weight excluding hydrogens is 663 g/mol. The standard InChI is InChI=1S/C37H49F9O3/c1-3-5-6-14-17-31(4-2)49-33(47)30-20-18-28(19-21-30)29-22-24-32(25-23-29)48-27-16-13-11-9-7-8-10-12-15-26-34(38,39)35(40,41)36(42,43)37(44,45)46/h18-25,31H,3-17,26-27H2,1-2H3/t31-/m0/s1. The van der Waals surface area contributed by atoms with Gasteiger partial charge in [0.1, 0.15) is 11.9 Å². The molecule has 0 aliphatic heterocycles. The molecule has 0 amide bonds. The minimum absolute atomic E-state index is 0.0224. The molecule has 0 N–H and O–H groups in total. The minimum atomic E-state index is -6.82. The summed E-state index contributed by atoms with van der Waals surface area (Å²) in [6.45, 7) is 4.70. The van der Waals surface area contributed by atoms with Crippen molar-refractivity contribution in [2.45, 2.75) is 147 Å². The van der Waals surface area contributed by atoms with Crippen molar-refractivity contribution in [3.63, 3.8) is 0 Å². The van der Waals surface area contributed by atoms with Crippen LogP contribution < -0.4 is 4.74 Å². The Hall–Kier alpha value is -2.92. The third kappa shape index (κ3) is 13.0. The third-order valence-electron chi connectivity index (χ3n) is 8.53. The zero-order valence-electron chi connectivity index (χ0n) is 28.3. The molecule has 0 heterocycles. The van der Waals surface area contributed by atoms with Crippen LogP contribution in [0.5, 0.6) is 5.75 Å². The molecule has 0 fully saturated rings. The highest BCUT2D eigenvalue weighted by molar-refractivity contribution is 5.90. The number of carbonyl (C=O) groups is 1. The predicted molar refractivity (Wildman–Crippen MR) is 173 cm³/mol. The van der Waals surface area contributed by atoms with Gasteiger partial charge in [0.2, 0.25) is 0 Å². The van der Waals surface area contributed by atoms with Crippen molar-refractivity contribution < 1.29 is 53.8 Å². The second-order valence-corrected chi connectivity index (χ2v) is 12.5. The second-order valence-electron chi connectivity index (χ2n) is 12.5. The minimum Gasteiger partial charge on any atom is -0.494 e. The van der Waals surface area contributed by atoms with Crippen molar-refractivity contribution in [2.75, 3.05) is 6.61 Å². The van der Waals surface area contributed by atoms with Gasteiger partial charge < -0.3 is 9.47 Å². The van der Waals surface area contributed by atoms with Crippen LogP contribution in [0.2, 0.25) is 0 Å². The number of unbranched alkanes of at least 4 members (excludes halogenated alkanes) is 11. The van der Waals surface area contributed by atoms with Crippen molar-refractivity contribution in [3.05, 3.63) is 54.1 Å². The summed E-state index contributed by atoms with van der Waals surface area (Å²) in [5.74, 6) is -18.4. The summed E-state index contributed by atoms with van der Waals surface area (Å²) in [5, 5.41) is 0. The van der Waals surface area contributed by atoms with Crippen LogP contribution in [0, 0.1) is 0 Å². The Morgan fingerprint density at radius 1 is 0.612 bits per heavy atom. The van der Waals surface area contributed by atoms with Crippen molar-refractivity contribution in [3.8, 4) is 16.9 Å². The quantitative estimate of drug-likeness (QED) is 0.0617. The maximum absolute atomic E-state index is 13.6. The van der Waals surface area contributed by atoms with Crippen LogP contribution in [0.15, 0.2) is 48.5 Å². The molecule has 0 aromatic heterocycles. The lowest BCUT2D eigenvalue weighted by atomic mass is 9.97. The SMILES string of the molecule is CCCCCC[C@H](CC)OC(=O)c1ccc(-c2ccc(OCCCCCCCCCCCC(F)(F)C(F)(F)C(F)(F)C(F)(F)F)cc2)cc1. The van der Waals surface area contributed by atoms with Gasteiger partial charge in [0.25, 0.3) is 0 Å². The van der Waals surface area contributed by atoms with Gasteiger partial charge in [-0.25, -0.2) is 4.79 Å². The fourth-order valence-electron chi connectivity index (χ4n) is 5.35. The molecule has 0 unspecified atom stereocenters. The predicted octanol–water partition coefficient (Wildman–Crippen LogP) is 13.0. The highest BCUT2D eigenvalue weighted by Gasteiger charge is 2.81. The van der Waals surface area contributed by atoms with Crippen molar-refractivity contribution >= 4 is 5.97 Å². The molecule has 2 rings (SSSR count). The number of alkyl halides is 9. The van der Waals surface area contributed by atoms with E-state index >= 15 is 0 Å². The summed E-state index contributed by atoms with van der Waals surface area (Å²) < 4.78 is 128. The van der Waals surface area contributed by atoms with Gasteiger partial charge in [-0.2, -0.15) is 39.5 Å². The zero-order chi connectivity index (χ0) is 36.6. The number of benzene rings is 2. The van der Waals surface area contributed by atoms with Crippen LogP contribution in [0.3, 0.4) is 0 Å². The molecule has 0 saturated heterocycles. The Morgan fingerprint density at radius 3 is 1.61 bits per heavy atom. The molecule has 0 aliphatic carbocycles. The molecule has 12 heteroatoms. The highest BCUT2D eigenvalue weighted by Crippen LogP contribution is 2.54. The van der Waals surface area contributed by atoms with E-state index in [1.54, 1.807) is 12.1 Å². The number of hydrogen-bond donors (Lipinski definition) is 0. The van der Waals surface area contributed by atoms with E-state index in [9.17, 15) is 44.3 Å². The second kappa shape index (κ2) is 20.1. The first-order valence-corrected chi connectivity index (χ1v) is 17.3. The van der Waals surface area contributed by atoms with Crippen LogP contribution in [0.25, 0.3) is 11.1 Å². The fourth-order valence-corrected chi connectivity index (χ4v) is 5.35. The topological polar surface area (TPSA) is 35.5 Å². The van der Waals surface area contributed by atoms with Gasteiger partial charge >= 0.3 is 29.9 Å². The van der Waals surface area contributed by atoms with Crippen molar-refractivity contribution in [2.24, 2.45) is 0 Å². The molecule has 2 aromatic rings. The highest BCUT2D eigenvalue weighted by atomic mass is 19.4.